The summed E-state index contributed by atoms with van der Waals surface area (Å²) in [7, 11) is 0. The lowest BCUT2D eigenvalue weighted by Crippen LogP contribution is -2.42. The van der Waals surface area contributed by atoms with E-state index in [1.165, 1.54) is 23.1 Å². The van der Waals surface area contributed by atoms with Crippen LogP contribution in [-0.4, -0.2) is 34.2 Å². The average molecular weight is 601 g/mol. The first kappa shape index (κ1) is 29.4. The van der Waals surface area contributed by atoms with Gasteiger partial charge in [-0.1, -0.05) is 61.2 Å². The Balaban J connectivity index is 1.46. The molecule has 2 aliphatic rings. The number of thioether (sulfide) groups is 1. The molecule has 11 heteroatoms. The molecular formula is C31H32N6O3S2. The molecule has 1 amide bonds. The number of amides is 1. The summed E-state index contributed by atoms with van der Waals surface area (Å²) in [6.07, 6.45) is 0.932. The lowest BCUT2D eigenvalue weighted by Gasteiger charge is -2.42. The van der Waals surface area contributed by atoms with Crippen LogP contribution in [-0.2, 0) is 9.59 Å². The van der Waals surface area contributed by atoms with Gasteiger partial charge in [0.1, 0.15) is 11.6 Å². The number of rotatable bonds is 8. The second kappa shape index (κ2) is 12.0. The number of ketones is 1. The number of Topliss-reactive ketones (excluding diaryl/α,β-unsaturated/α-hetero) is 1. The third kappa shape index (κ3) is 6.05. The zero-order chi connectivity index (χ0) is 30.0. The highest BCUT2D eigenvalue weighted by atomic mass is 32.2. The molecular weight excluding hydrogens is 569 g/mol. The number of hydrogen-bond donors (Lipinski definition) is 2. The van der Waals surface area contributed by atoms with E-state index in [1.807, 2.05) is 76.2 Å². The largest absolute Gasteiger partial charge is 0.494 e. The standard InChI is InChI=1S/C31H32N6O3S2/c1-5-40-21-11-9-19(10-12-21)26-22(16-32)28(33)37(23-14-31(3,4)15-24(38)27(23)26)29-35-36-30(42-29)41-17-25(39)34-20-8-6-7-18(2)13-20/h6-13,26H,5,14-15,17,33H2,1-4H3,(H,34,39). The molecule has 1 atom stereocenters. The van der Waals surface area contributed by atoms with Crippen LogP contribution in [0.25, 0.3) is 0 Å². The van der Waals surface area contributed by atoms with Crippen molar-refractivity contribution in [2.75, 3.05) is 22.6 Å². The fourth-order valence-electron chi connectivity index (χ4n) is 5.38. The van der Waals surface area contributed by atoms with Crippen molar-refractivity contribution in [3.8, 4) is 11.8 Å². The molecule has 0 bridgehead atoms. The van der Waals surface area contributed by atoms with Crippen molar-refractivity contribution in [1.82, 2.24) is 10.2 Å². The zero-order valence-electron chi connectivity index (χ0n) is 23.9. The minimum Gasteiger partial charge on any atom is -0.494 e. The predicted molar refractivity (Wildman–Crippen MR) is 165 cm³/mol. The number of nitrogens with zero attached hydrogens (tertiary/aromatic N) is 4. The molecule has 0 fully saturated rings. The Morgan fingerprint density at radius 2 is 2.00 bits per heavy atom. The van der Waals surface area contributed by atoms with Crippen molar-refractivity contribution in [2.24, 2.45) is 11.1 Å². The van der Waals surface area contributed by atoms with E-state index in [1.54, 1.807) is 4.90 Å². The van der Waals surface area contributed by atoms with Crippen molar-refractivity contribution < 1.29 is 14.3 Å². The molecule has 0 saturated heterocycles. The van der Waals surface area contributed by atoms with Crippen LogP contribution in [0.2, 0.25) is 0 Å². The van der Waals surface area contributed by atoms with E-state index in [9.17, 15) is 14.9 Å². The van der Waals surface area contributed by atoms with E-state index >= 15 is 0 Å². The summed E-state index contributed by atoms with van der Waals surface area (Å²) in [4.78, 5) is 28.0. The number of anilines is 2. The first-order valence-electron chi connectivity index (χ1n) is 13.6. The molecule has 2 heterocycles. The molecule has 0 radical (unpaired) electrons. The molecule has 3 aromatic rings. The van der Waals surface area contributed by atoms with Gasteiger partial charge in [-0.2, -0.15) is 5.26 Å². The van der Waals surface area contributed by atoms with Crippen molar-refractivity contribution in [3.63, 3.8) is 0 Å². The van der Waals surface area contributed by atoms with Crippen molar-refractivity contribution in [2.45, 2.75) is 50.8 Å². The number of allylic oxidation sites excluding steroid dienone is 3. The molecule has 3 N–H and O–H groups in total. The summed E-state index contributed by atoms with van der Waals surface area (Å²) in [5.74, 6) is 0.326. The molecule has 2 aromatic carbocycles. The van der Waals surface area contributed by atoms with Gasteiger partial charge in [0.05, 0.1) is 29.9 Å². The molecule has 42 heavy (non-hydrogen) atoms. The molecule has 1 unspecified atom stereocenters. The SMILES string of the molecule is CCOc1ccc(C2C(C#N)=C(N)N(c3nnc(SCC(=O)Nc4cccc(C)c4)s3)C3=C2C(=O)CC(C)(C)C3)cc1. The van der Waals surface area contributed by atoms with Gasteiger partial charge in [0.15, 0.2) is 10.1 Å². The van der Waals surface area contributed by atoms with Gasteiger partial charge in [-0.05, 0) is 61.1 Å². The maximum atomic E-state index is 13.7. The topological polar surface area (TPSA) is 134 Å². The molecule has 1 aromatic heterocycles. The number of carbonyl (C=O) groups excluding carboxylic acids is 2. The highest BCUT2D eigenvalue weighted by Crippen LogP contribution is 2.50. The van der Waals surface area contributed by atoms with Gasteiger partial charge in [-0.15, -0.1) is 10.2 Å². The van der Waals surface area contributed by atoms with Gasteiger partial charge in [0.2, 0.25) is 11.0 Å². The van der Waals surface area contributed by atoms with E-state index in [-0.39, 0.29) is 34.3 Å². The third-order valence-electron chi connectivity index (χ3n) is 7.12. The van der Waals surface area contributed by atoms with Gasteiger partial charge in [0, 0.05) is 23.4 Å². The van der Waals surface area contributed by atoms with E-state index in [4.69, 9.17) is 10.5 Å². The highest BCUT2D eigenvalue weighted by Gasteiger charge is 2.45. The normalized spacial score (nSPS) is 18.0. The summed E-state index contributed by atoms with van der Waals surface area (Å²) >= 11 is 2.54. The number of hydrogen-bond acceptors (Lipinski definition) is 10. The number of ether oxygens (including phenoxy) is 1. The summed E-state index contributed by atoms with van der Waals surface area (Å²) in [5.41, 5.74) is 10.6. The monoisotopic (exact) mass is 600 g/mol. The quantitative estimate of drug-likeness (QED) is 0.302. The Hall–Kier alpha value is -4.14. The molecule has 0 saturated carbocycles. The van der Waals surface area contributed by atoms with Gasteiger partial charge in [0.25, 0.3) is 0 Å². The van der Waals surface area contributed by atoms with E-state index in [0.29, 0.717) is 40.2 Å². The Morgan fingerprint density at radius 3 is 2.69 bits per heavy atom. The maximum absolute atomic E-state index is 13.7. The lowest BCUT2D eigenvalue weighted by molar-refractivity contribution is -0.118. The van der Waals surface area contributed by atoms with Gasteiger partial charge < -0.3 is 15.8 Å². The molecule has 5 rings (SSSR count). The fraction of sp³-hybridized carbons (Fsp3) is 0.323. The van der Waals surface area contributed by atoms with Crippen molar-refractivity contribution in [3.05, 3.63) is 82.3 Å². The van der Waals surface area contributed by atoms with Crippen LogP contribution >= 0.6 is 23.1 Å². The second-order valence-corrected chi connectivity index (χ2v) is 13.2. The predicted octanol–water partition coefficient (Wildman–Crippen LogP) is 5.92. The van der Waals surface area contributed by atoms with E-state index in [0.717, 1.165) is 22.5 Å². The lowest BCUT2D eigenvalue weighted by atomic mass is 9.68. The number of nitriles is 1. The summed E-state index contributed by atoms with van der Waals surface area (Å²) < 4.78 is 6.17. The highest BCUT2D eigenvalue weighted by molar-refractivity contribution is 8.01. The van der Waals surface area contributed by atoms with E-state index in [2.05, 4.69) is 21.6 Å². The Labute approximate surface area is 253 Å². The first-order chi connectivity index (χ1) is 20.1. The van der Waals surface area contributed by atoms with Gasteiger partial charge in [-0.25, -0.2) is 0 Å². The van der Waals surface area contributed by atoms with Crippen LogP contribution in [0.15, 0.2) is 75.5 Å². The number of benzene rings is 2. The molecule has 1 aliphatic carbocycles. The minimum atomic E-state index is -0.590. The van der Waals surface area contributed by atoms with Crippen LogP contribution in [0.4, 0.5) is 10.8 Å². The van der Waals surface area contributed by atoms with Crippen molar-refractivity contribution >= 4 is 45.6 Å². The molecule has 9 nitrogen and oxygen atoms in total. The maximum Gasteiger partial charge on any atom is 0.234 e. The summed E-state index contributed by atoms with van der Waals surface area (Å²) in [6.45, 7) is 8.52. The number of nitrogens with two attached hydrogens (primary N) is 1. The number of nitrogens with one attached hydrogen (secondary N) is 1. The van der Waals surface area contributed by atoms with Crippen LogP contribution in [0.3, 0.4) is 0 Å². The molecule has 1 aliphatic heterocycles. The van der Waals surface area contributed by atoms with Gasteiger partial charge >= 0.3 is 0 Å². The number of aryl methyl sites for hydroxylation is 1. The zero-order valence-corrected chi connectivity index (χ0v) is 25.6. The fourth-order valence-corrected chi connectivity index (χ4v) is 7.06. The van der Waals surface area contributed by atoms with E-state index < -0.39 is 5.92 Å². The molecule has 216 valence electrons. The number of carbonyl (C=O) groups is 2. The van der Waals surface area contributed by atoms with Gasteiger partial charge in [-0.3, -0.25) is 14.5 Å². The molecule has 0 spiro atoms. The van der Waals surface area contributed by atoms with Crippen LogP contribution in [0.5, 0.6) is 5.75 Å². The average Bonchev–Trinajstić information content (AvgIpc) is 3.40. The smallest absolute Gasteiger partial charge is 0.234 e. The van der Waals surface area contributed by atoms with Crippen LogP contribution in [0, 0.1) is 23.7 Å². The summed E-state index contributed by atoms with van der Waals surface area (Å²) in [5, 5.41) is 22.3. The summed E-state index contributed by atoms with van der Waals surface area (Å²) in [6, 6.07) is 17.3. The van der Waals surface area contributed by atoms with Crippen molar-refractivity contribution in [1.29, 1.82) is 5.26 Å². The van der Waals surface area contributed by atoms with Crippen LogP contribution < -0.4 is 20.7 Å². The second-order valence-electron chi connectivity index (χ2n) is 11.0. The third-order valence-corrected chi connectivity index (χ3v) is 9.16. The van der Waals surface area contributed by atoms with Crippen LogP contribution in [0.1, 0.15) is 50.7 Å². The minimum absolute atomic E-state index is 0.0164. The Morgan fingerprint density at radius 1 is 1.24 bits per heavy atom. The number of aromatic nitrogens is 2. The Bertz CT molecular complexity index is 1630. The Kier molecular flexibility index (Phi) is 8.38. The first-order valence-corrected chi connectivity index (χ1v) is 15.4.